The Morgan fingerprint density at radius 3 is 2.71 bits per heavy atom. The summed E-state index contributed by atoms with van der Waals surface area (Å²) < 4.78 is 0. The maximum Gasteiger partial charge on any atom is 0.228 e. The van der Waals surface area contributed by atoms with E-state index in [0.717, 1.165) is 29.3 Å². The number of rotatable bonds is 4. The second-order valence-electron chi connectivity index (χ2n) is 5.09. The smallest absolute Gasteiger partial charge is 0.228 e. The van der Waals surface area contributed by atoms with Crippen molar-refractivity contribution in [2.45, 2.75) is 6.92 Å². The van der Waals surface area contributed by atoms with E-state index < -0.39 is 0 Å². The van der Waals surface area contributed by atoms with E-state index in [4.69, 9.17) is 0 Å². The zero-order valence-corrected chi connectivity index (χ0v) is 13.3. The van der Waals surface area contributed by atoms with E-state index in [1.807, 2.05) is 37.3 Å². The third-order valence-corrected chi connectivity index (χ3v) is 4.53. The zero-order valence-electron chi connectivity index (χ0n) is 11.7. The van der Waals surface area contributed by atoms with Crippen molar-refractivity contribution < 1.29 is 4.79 Å². The molecule has 1 aliphatic heterocycles. The van der Waals surface area contributed by atoms with Crippen LogP contribution in [-0.2, 0) is 4.79 Å². The molecule has 112 valence electrons. The minimum Gasteiger partial charge on any atom is -0.316 e. The number of halogens is 1. The lowest BCUT2D eigenvalue weighted by molar-refractivity contribution is -0.121. The summed E-state index contributed by atoms with van der Waals surface area (Å²) in [7, 11) is 0. The molecule has 1 unspecified atom stereocenters. The van der Waals surface area contributed by atoms with Crippen molar-refractivity contribution in [2.75, 3.05) is 18.4 Å². The Balaban J connectivity index is 0.00000161. The predicted octanol–water partition coefficient (Wildman–Crippen LogP) is 3.03. The minimum atomic E-state index is 0. The van der Waals surface area contributed by atoms with Gasteiger partial charge in [0.2, 0.25) is 5.91 Å². The normalized spacial score (nSPS) is 15.7. The summed E-state index contributed by atoms with van der Waals surface area (Å²) in [6, 6.07) is 9.93. The van der Waals surface area contributed by atoms with Gasteiger partial charge in [-0.15, -0.1) is 23.7 Å². The van der Waals surface area contributed by atoms with E-state index in [2.05, 4.69) is 15.6 Å². The standard InChI is InChI=1S/C15H17N3OS.ClH/c1-10(12-7-16-8-12)14(19)18-15-13(17-9-20-15)11-5-3-2-4-6-11;/h2-6,9-10,12,16H,7-8H2,1H3,(H,18,19);1H. The summed E-state index contributed by atoms with van der Waals surface area (Å²) >= 11 is 1.47. The number of thiazole rings is 1. The van der Waals surface area contributed by atoms with Crippen LogP contribution in [-0.4, -0.2) is 24.0 Å². The molecule has 0 bridgehead atoms. The van der Waals surface area contributed by atoms with Crippen molar-refractivity contribution >= 4 is 34.7 Å². The third kappa shape index (κ3) is 3.43. The summed E-state index contributed by atoms with van der Waals surface area (Å²) in [5, 5.41) is 7.06. The molecule has 2 heterocycles. The third-order valence-electron chi connectivity index (χ3n) is 3.79. The molecule has 4 nitrogen and oxygen atoms in total. The first-order valence-electron chi connectivity index (χ1n) is 6.76. The van der Waals surface area contributed by atoms with Crippen LogP contribution < -0.4 is 10.6 Å². The number of nitrogens with zero attached hydrogens (tertiary/aromatic N) is 1. The lowest BCUT2D eigenvalue weighted by atomic mass is 9.88. The van der Waals surface area contributed by atoms with E-state index in [1.165, 1.54) is 11.3 Å². The van der Waals surface area contributed by atoms with Gasteiger partial charge in [-0.25, -0.2) is 4.98 Å². The molecule has 1 amide bonds. The summed E-state index contributed by atoms with van der Waals surface area (Å²) in [5.41, 5.74) is 3.65. The number of hydrogen-bond acceptors (Lipinski definition) is 4. The topological polar surface area (TPSA) is 54.0 Å². The van der Waals surface area contributed by atoms with Gasteiger partial charge < -0.3 is 10.6 Å². The first kappa shape index (κ1) is 15.9. The lowest BCUT2D eigenvalue weighted by Crippen LogP contribution is -2.48. The summed E-state index contributed by atoms with van der Waals surface area (Å²) in [6.07, 6.45) is 0. The average Bonchev–Trinajstić information content (AvgIpc) is 2.85. The second kappa shape index (κ2) is 7.02. The number of carbonyl (C=O) groups excluding carboxylic acids is 1. The van der Waals surface area contributed by atoms with Crippen molar-refractivity contribution in [2.24, 2.45) is 11.8 Å². The van der Waals surface area contributed by atoms with Crippen LogP contribution in [0.2, 0.25) is 0 Å². The molecule has 0 radical (unpaired) electrons. The van der Waals surface area contributed by atoms with E-state index >= 15 is 0 Å². The monoisotopic (exact) mass is 323 g/mol. The number of hydrogen-bond donors (Lipinski definition) is 2. The Bertz CT molecular complexity index is 598. The molecule has 1 saturated heterocycles. The Morgan fingerprint density at radius 2 is 2.10 bits per heavy atom. The number of aromatic nitrogens is 1. The average molecular weight is 324 g/mol. The number of benzene rings is 1. The van der Waals surface area contributed by atoms with E-state index in [0.29, 0.717) is 5.92 Å². The SMILES string of the molecule is CC(C(=O)Nc1scnc1-c1ccccc1)C1CNC1.Cl. The quantitative estimate of drug-likeness (QED) is 0.909. The van der Waals surface area contributed by atoms with Crippen LogP contribution >= 0.6 is 23.7 Å². The highest BCUT2D eigenvalue weighted by molar-refractivity contribution is 7.14. The molecule has 0 aliphatic carbocycles. The van der Waals surface area contributed by atoms with Gasteiger partial charge in [0.1, 0.15) is 10.7 Å². The molecular formula is C15H18ClN3OS. The number of nitrogens with one attached hydrogen (secondary N) is 2. The maximum absolute atomic E-state index is 12.3. The highest BCUT2D eigenvalue weighted by Crippen LogP contribution is 2.31. The minimum absolute atomic E-state index is 0. The van der Waals surface area contributed by atoms with E-state index in [9.17, 15) is 4.79 Å². The first-order chi connectivity index (χ1) is 9.75. The lowest BCUT2D eigenvalue weighted by Gasteiger charge is -2.31. The van der Waals surface area contributed by atoms with Crippen LogP contribution in [0.5, 0.6) is 0 Å². The Morgan fingerprint density at radius 1 is 1.38 bits per heavy atom. The fourth-order valence-electron chi connectivity index (χ4n) is 2.24. The summed E-state index contributed by atoms with van der Waals surface area (Å²) in [4.78, 5) is 16.6. The molecule has 1 atom stereocenters. The van der Waals surface area contributed by atoms with Gasteiger partial charge in [0.25, 0.3) is 0 Å². The molecular weight excluding hydrogens is 306 g/mol. The molecule has 2 aromatic rings. The summed E-state index contributed by atoms with van der Waals surface area (Å²) in [6.45, 7) is 3.86. The van der Waals surface area contributed by atoms with Crippen LogP contribution in [0.3, 0.4) is 0 Å². The second-order valence-corrected chi connectivity index (χ2v) is 5.95. The molecule has 0 spiro atoms. The van der Waals surface area contributed by atoms with Crippen molar-refractivity contribution in [3.63, 3.8) is 0 Å². The Labute approximate surface area is 134 Å². The van der Waals surface area contributed by atoms with Crippen LogP contribution in [0.1, 0.15) is 6.92 Å². The van der Waals surface area contributed by atoms with Gasteiger partial charge in [-0.05, 0) is 19.0 Å². The maximum atomic E-state index is 12.3. The van der Waals surface area contributed by atoms with Crippen LogP contribution in [0, 0.1) is 11.8 Å². The van der Waals surface area contributed by atoms with Crippen LogP contribution in [0.4, 0.5) is 5.00 Å². The molecule has 1 aromatic carbocycles. The van der Waals surface area contributed by atoms with Gasteiger partial charge in [0.15, 0.2) is 0 Å². The van der Waals surface area contributed by atoms with Gasteiger partial charge >= 0.3 is 0 Å². The van der Waals surface area contributed by atoms with E-state index in [1.54, 1.807) is 5.51 Å². The van der Waals surface area contributed by atoms with Crippen LogP contribution in [0.15, 0.2) is 35.8 Å². The Kier molecular flexibility index (Phi) is 5.33. The molecule has 1 aliphatic rings. The summed E-state index contributed by atoms with van der Waals surface area (Å²) in [5.74, 6) is 0.558. The number of anilines is 1. The molecule has 3 rings (SSSR count). The fourth-order valence-corrected chi connectivity index (χ4v) is 2.95. The van der Waals surface area contributed by atoms with Crippen LogP contribution in [0.25, 0.3) is 11.3 Å². The number of carbonyl (C=O) groups is 1. The van der Waals surface area contributed by atoms with Crippen molar-refractivity contribution in [3.8, 4) is 11.3 Å². The van der Waals surface area contributed by atoms with Crippen molar-refractivity contribution in [1.82, 2.24) is 10.3 Å². The fraction of sp³-hybridized carbons (Fsp3) is 0.333. The molecule has 1 fully saturated rings. The zero-order chi connectivity index (χ0) is 13.9. The predicted molar refractivity (Wildman–Crippen MR) is 89.0 cm³/mol. The van der Waals surface area contributed by atoms with Gasteiger partial charge in [0.05, 0.1) is 5.51 Å². The van der Waals surface area contributed by atoms with Crippen molar-refractivity contribution in [3.05, 3.63) is 35.8 Å². The van der Waals surface area contributed by atoms with Gasteiger partial charge in [-0.1, -0.05) is 37.3 Å². The molecule has 1 aromatic heterocycles. The van der Waals surface area contributed by atoms with Gasteiger partial charge in [0, 0.05) is 11.5 Å². The van der Waals surface area contributed by atoms with Gasteiger partial charge in [-0.2, -0.15) is 0 Å². The van der Waals surface area contributed by atoms with E-state index in [-0.39, 0.29) is 24.2 Å². The largest absolute Gasteiger partial charge is 0.316 e. The molecule has 2 N–H and O–H groups in total. The molecule has 21 heavy (non-hydrogen) atoms. The van der Waals surface area contributed by atoms with Gasteiger partial charge in [-0.3, -0.25) is 4.79 Å². The highest BCUT2D eigenvalue weighted by atomic mass is 35.5. The van der Waals surface area contributed by atoms with Crippen molar-refractivity contribution in [1.29, 1.82) is 0 Å². The molecule has 6 heteroatoms. The first-order valence-corrected chi connectivity index (χ1v) is 7.64. The molecule has 0 saturated carbocycles. The number of amides is 1. The highest BCUT2D eigenvalue weighted by Gasteiger charge is 2.29. The Hall–Kier alpha value is -1.43.